The molecule has 0 aliphatic heterocycles. The fourth-order valence-corrected chi connectivity index (χ4v) is 1.94. The Balaban J connectivity index is 2.24. The largest absolute Gasteiger partial charge is 0.0614 e. The summed E-state index contributed by atoms with van der Waals surface area (Å²) < 4.78 is 0. The van der Waals surface area contributed by atoms with Crippen LogP contribution in [-0.2, 0) is 12.8 Å². The first kappa shape index (κ1) is 7.85. The molecular formula is C12H15. The summed E-state index contributed by atoms with van der Waals surface area (Å²) in [5.74, 6) is 0. The normalized spacial score (nSPS) is 17.7. The van der Waals surface area contributed by atoms with E-state index in [1.165, 1.54) is 49.7 Å². The van der Waals surface area contributed by atoms with Gasteiger partial charge in [-0.1, -0.05) is 31.0 Å². The Kier molecular flexibility index (Phi) is 2.45. The van der Waals surface area contributed by atoms with E-state index >= 15 is 0 Å². The van der Waals surface area contributed by atoms with E-state index in [9.17, 15) is 0 Å². The molecule has 0 heteroatoms. The van der Waals surface area contributed by atoms with Crippen molar-refractivity contribution in [3.8, 4) is 0 Å². The Morgan fingerprint density at radius 2 is 1.83 bits per heavy atom. The molecule has 0 unspecified atom stereocenters. The standard InChI is InChI=1S/C12H15/c1-2-4-8-12-10-6-5-9-11(12)7-3-1/h5-6,9H,1-4,7-8H2. The van der Waals surface area contributed by atoms with Crippen LogP contribution in [0.25, 0.3) is 0 Å². The van der Waals surface area contributed by atoms with Gasteiger partial charge in [0.05, 0.1) is 0 Å². The van der Waals surface area contributed by atoms with Crippen LogP contribution in [-0.4, -0.2) is 0 Å². The first-order valence-electron chi connectivity index (χ1n) is 4.95. The van der Waals surface area contributed by atoms with Crippen molar-refractivity contribution >= 4 is 0 Å². The van der Waals surface area contributed by atoms with Gasteiger partial charge in [0.2, 0.25) is 0 Å². The highest BCUT2D eigenvalue weighted by Crippen LogP contribution is 2.18. The van der Waals surface area contributed by atoms with E-state index in [2.05, 4.69) is 18.2 Å². The van der Waals surface area contributed by atoms with E-state index in [0.717, 1.165) is 0 Å². The highest BCUT2D eigenvalue weighted by atomic mass is 14.1. The van der Waals surface area contributed by atoms with Crippen LogP contribution in [0, 0.1) is 6.07 Å². The molecule has 2 rings (SSSR count). The van der Waals surface area contributed by atoms with Crippen LogP contribution in [0.5, 0.6) is 0 Å². The Morgan fingerprint density at radius 3 is 2.75 bits per heavy atom. The maximum atomic E-state index is 3.36. The quantitative estimate of drug-likeness (QED) is 0.545. The zero-order valence-corrected chi connectivity index (χ0v) is 7.47. The summed E-state index contributed by atoms with van der Waals surface area (Å²) in [7, 11) is 0. The van der Waals surface area contributed by atoms with E-state index in [-0.39, 0.29) is 0 Å². The minimum absolute atomic E-state index is 1.25. The average molecular weight is 159 g/mol. The summed E-state index contributed by atoms with van der Waals surface area (Å²) in [5, 5.41) is 0. The molecule has 0 N–H and O–H groups in total. The Morgan fingerprint density at radius 1 is 1.00 bits per heavy atom. The molecule has 1 aliphatic rings. The van der Waals surface area contributed by atoms with Gasteiger partial charge in [0.25, 0.3) is 0 Å². The average Bonchev–Trinajstić information content (AvgIpc) is 2.06. The van der Waals surface area contributed by atoms with Crippen molar-refractivity contribution in [2.45, 2.75) is 38.5 Å². The number of fused-ring (bicyclic) bond motifs is 1. The monoisotopic (exact) mass is 159 g/mol. The van der Waals surface area contributed by atoms with Crippen LogP contribution >= 0.6 is 0 Å². The van der Waals surface area contributed by atoms with Gasteiger partial charge >= 0.3 is 0 Å². The van der Waals surface area contributed by atoms with Crippen LogP contribution in [0.4, 0.5) is 0 Å². The van der Waals surface area contributed by atoms with Crippen molar-refractivity contribution in [3.05, 3.63) is 35.4 Å². The highest BCUT2D eigenvalue weighted by Gasteiger charge is 2.04. The van der Waals surface area contributed by atoms with Crippen LogP contribution in [0.15, 0.2) is 18.2 Å². The lowest BCUT2D eigenvalue weighted by atomic mass is 9.94. The number of rotatable bonds is 0. The summed E-state index contributed by atoms with van der Waals surface area (Å²) in [5.41, 5.74) is 3.01. The third-order valence-electron chi connectivity index (χ3n) is 2.66. The van der Waals surface area contributed by atoms with Gasteiger partial charge in [-0.2, -0.15) is 0 Å². The molecule has 1 aromatic carbocycles. The van der Waals surface area contributed by atoms with E-state index in [1.807, 2.05) is 6.07 Å². The van der Waals surface area contributed by atoms with Gasteiger partial charge in [0, 0.05) is 0 Å². The minimum Gasteiger partial charge on any atom is -0.0614 e. The molecule has 0 fully saturated rings. The molecule has 0 spiro atoms. The summed E-state index contributed by atoms with van der Waals surface area (Å²) >= 11 is 0. The van der Waals surface area contributed by atoms with Crippen LogP contribution < -0.4 is 0 Å². The Hall–Kier alpha value is -0.780. The van der Waals surface area contributed by atoms with Crippen molar-refractivity contribution in [2.24, 2.45) is 0 Å². The molecule has 0 bridgehead atoms. The lowest BCUT2D eigenvalue weighted by Gasteiger charge is -2.12. The molecule has 1 aromatic rings. The molecule has 0 heterocycles. The van der Waals surface area contributed by atoms with Crippen molar-refractivity contribution in [2.75, 3.05) is 0 Å². The Labute approximate surface area is 74.6 Å². The van der Waals surface area contributed by atoms with Gasteiger partial charge in [-0.3, -0.25) is 0 Å². The summed E-state index contributed by atoms with van der Waals surface area (Å²) in [4.78, 5) is 0. The molecule has 63 valence electrons. The second kappa shape index (κ2) is 3.75. The third kappa shape index (κ3) is 1.69. The lowest BCUT2D eigenvalue weighted by Crippen LogP contribution is -1.98. The fourth-order valence-electron chi connectivity index (χ4n) is 1.94. The van der Waals surface area contributed by atoms with Gasteiger partial charge in [-0.15, -0.1) is 0 Å². The summed E-state index contributed by atoms with van der Waals surface area (Å²) in [6, 6.07) is 9.77. The summed E-state index contributed by atoms with van der Waals surface area (Å²) in [6.45, 7) is 0. The first-order valence-corrected chi connectivity index (χ1v) is 4.95. The molecule has 0 saturated heterocycles. The van der Waals surface area contributed by atoms with Crippen molar-refractivity contribution in [3.63, 3.8) is 0 Å². The maximum Gasteiger partial charge on any atom is -0.0146 e. The van der Waals surface area contributed by atoms with Gasteiger partial charge in [0.15, 0.2) is 0 Å². The molecule has 0 atom stereocenters. The molecule has 1 radical (unpaired) electrons. The van der Waals surface area contributed by atoms with Crippen molar-refractivity contribution in [1.29, 1.82) is 0 Å². The Bertz CT molecular complexity index is 223. The highest BCUT2D eigenvalue weighted by molar-refractivity contribution is 5.26. The zero-order chi connectivity index (χ0) is 8.23. The molecule has 0 aromatic heterocycles. The molecular weight excluding hydrogens is 144 g/mol. The van der Waals surface area contributed by atoms with Crippen LogP contribution in [0.2, 0.25) is 0 Å². The first-order chi connectivity index (χ1) is 5.97. The van der Waals surface area contributed by atoms with Crippen LogP contribution in [0.3, 0.4) is 0 Å². The minimum atomic E-state index is 1.25. The van der Waals surface area contributed by atoms with E-state index < -0.39 is 0 Å². The number of hydrogen-bond acceptors (Lipinski definition) is 0. The number of benzene rings is 1. The fraction of sp³-hybridized carbons (Fsp3) is 0.500. The summed E-state index contributed by atoms with van der Waals surface area (Å²) in [6.07, 6.45) is 8.05. The van der Waals surface area contributed by atoms with Crippen molar-refractivity contribution in [1.82, 2.24) is 0 Å². The predicted octanol–water partition coefficient (Wildman–Crippen LogP) is 3.15. The molecule has 1 aliphatic carbocycles. The molecule has 0 nitrogen and oxygen atoms in total. The predicted molar refractivity (Wildman–Crippen MR) is 51.2 cm³/mol. The smallest absolute Gasteiger partial charge is 0.0146 e. The topological polar surface area (TPSA) is 0 Å². The third-order valence-corrected chi connectivity index (χ3v) is 2.66. The van der Waals surface area contributed by atoms with E-state index in [4.69, 9.17) is 0 Å². The van der Waals surface area contributed by atoms with Crippen molar-refractivity contribution < 1.29 is 0 Å². The SMILES string of the molecule is [c]1cccc2c1CCCCCC2. The van der Waals surface area contributed by atoms with E-state index in [1.54, 1.807) is 0 Å². The second-order valence-corrected chi connectivity index (χ2v) is 3.59. The van der Waals surface area contributed by atoms with Crippen LogP contribution in [0.1, 0.15) is 36.8 Å². The van der Waals surface area contributed by atoms with E-state index in [0.29, 0.717) is 0 Å². The second-order valence-electron chi connectivity index (χ2n) is 3.59. The number of hydrogen-bond donors (Lipinski definition) is 0. The van der Waals surface area contributed by atoms with Gasteiger partial charge in [-0.05, 0) is 42.9 Å². The zero-order valence-electron chi connectivity index (χ0n) is 7.47. The molecule has 12 heavy (non-hydrogen) atoms. The van der Waals surface area contributed by atoms with Gasteiger partial charge in [0.1, 0.15) is 0 Å². The molecule has 0 amide bonds. The van der Waals surface area contributed by atoms with Gasteiger partial charge in [-0.25, -0.2) is 0 Å². The number of aryl methyl sites for hydroxylation is 2. The lowest BCUT2D eigenvalue weighted by molar-refractivity contribution is 0.616. The maximum absolute atomic E-state index is 3.36. The van der Waals surface area contributed by atoms with Gasteiger partial charge < -0.3 is 0 Å². The molecule has 0 saturated carbocycles.